The summed E-state index contributed by atoms with van der Waals surface area (Å²) in [6, 6.07) is 5.88. The Hall–Kier alpha value is -1.97. The SMILES string of the molecule is COc1cc2ccn(C)c2cc1C1(C(=O)O)CC1. The van der Waals surface area contributed by atoms with Crippen molar-refractivity contribution in [3.63, 3.8) is 0 Å². The van der Waals surface area contributed by atoms with Crippen LogP contribution in [0.1, 0.15) is 18.4 Å². The van der Waals surface area contributed by atoms with Crippen LogP contribution in [0.5, 0.6) is 5.75 Å². The van der Waals surface area contributed by atoms with E-state index in [1.54, 1.807) is 7.11 Å². The van der Waals surface area contributed by atoms with Crippen LogP contribution in [-0.4, -0.2) is 22.8 Å². The van der Waals surface area contributed by atoms with E-state index < -0.39 is 11.4 Å². The molecule has 1 aromatic heterocycles. The van der Waals surface area contributed by atoms with Crippen molar-refractivity contribution in [1.82, 2.24) is 4.57 Å². The molecule has 1 N–H and O–H groups in total. The van der Waals surface area contributed by atoms with Crippen molar-refractivity contribution in [3.8, 4) is 5.75 Å². The number of carboxylic acids is 1. The van der Waals surface area contributed by atoms with Gasteiger partial charge in [0.25, 0.3) is 0 Å². The van der Waals surface area contributed by atoms with Gasteiger partial charge in [-0.1, -0.05) is 0 Å². The number of aromatic nitrogens is 1. The van der Waals surface area contributed by atoms with Gasteiger partial charge in [0.2, 0.25) is 0 Å². The zero-order valence-electron chi connectivity index (χ0n) is 10.4. The minimum absolute atomic E-state index is 0.675. The van der Waals surface area contributed by atoms with Crippen molar-refractivity contribution >= 4 is 16.9 Å². The van der Waals surface area contributed by atoms with Gasteiger partial charge in [0.15, 0.2) is 0 Å². The number of carbonyl (C=O) groups is 1. The summed E-state index contributed by atoms with van der Waals surface area (Å²) in [4.78, 5) is 11.4. The monoisotopic (exact) mass is 245 g/mol. The van der Waals surface area contributed by atoms with Crippen LogP contribution in [0.15, 0.2) is 24.4 Å². The average Bonchev–Trinajstić information content (AvgIpc) is 3.10. The zero-order chi connectivity index (χ0) is 12.9. The highest BCUT2D eigenvalue weighted by Crippen LogP contribution is 2.52. The molecule has 0 amide bonds. The molecule has 1 aliphatic carbocycles. The summed E-state index contributed by atoms with van der Waals surface area (Å²) >= 11 is 0. The molecule has 1 fully saturated rings. The van der Waals surface area contributed by atoms with Crippen LogP contribution in [0.4, 0.5) is 0 Å². The van der Waals surface area contributed by atoms with E-state index in [1.807, 2.05) is 36.0 Å². The van der Waals surface area contributed by atoms with Crippen LogP contribution in [0, 0.1) is 0 Å². The van der Waals surface area contributed by atoms with Gasteiger partial charge >= 0.3 is 5.97 Å². The number of aliphatic carboxylic acids is 1. The number of fused-ring (bicyclic) bond motifs is 1. The van der Waals surface area contributed by atoms with E-state index >= 15 is 0 Å². The van der Waals surface area contributed by atoms with Crippen LogP contribution in [-0.2, 0) is 17.3 Å². The molecule has 1 saturated carbocycles. The summed E-state index contributed by atoms with van der Waals surface area (Å²) in [6.07, 6.45) is 3.34. The van der Waals surface area contributed by atoms with Crippen molar-refractivity contribution in [2.45, 2.75) is 18.3 Å². The summed E-state index contributed by atoms with van der Waals surface area (Å²) in [5, 5.41) is 10.5. The molecule has 3 rings (SSSR count). The summed E-state index contributed by atoms with van der Waals surface area (Å²) in [7, 11) is 3.55. The van der Waals surface area contributed by atoms with E-state index in [2.05, 4.69) is 0 Å². The molecular weight excluding hydrogens is 230 g/mol. The first-order valence-electron chi connectivity index (χ1n) is 5.95. The van der Waals surface area contributed by atoms with Gasteiger partial charge in [-0.05, 0) is 31.0 Å². The van der Waals surface area contributed by atoms with Gasteiger partial charge in [-0.2, -0.15) is 0 Å². The van der Waals surface area contributed by atoms with Crippen molar-refractivity contribution in [1.29, 1.82) is 0 Å². The van der Waals surface area contributed by atoms with Crippen LogP contribution in [0.2, 0.25) is 0 Å². The number of hydrogen-bond acceptors (Lipinski definition) is 2. The lowest BCUT2D eigenvalue weighted by molar-refractivity contribution is -0.140. The number of hydrogen-bond donors (Lipinski definition) is 1. The van der Waals surface area contributed by atoms with Crippen LogP contribution >= 0.6 is 0 Å². The van der Waals surface area contributed by atoms with Gasteiger partial charge in [-0.15, -0.1) is 0 Å². The lowest BCUT2D eigenvalue weighted by atomic mass is 9.94. The van der Waals surface area contributed by atoms with Gasteiger partial charge in [0, 0.05) is 29.7 Å². The highest BCUT2D eigenvalue weighted by Gasteiger charge is 2.53. The van der Waals surface area contributed by atoms with Crippen molar-refractivity contribution in [2.24, 2.45) is 7.05 Å². The first kappa shape index (κ1) is 11.1. The molecule has 1 aliphatic rings. The van der Waals surface area contributed by atoms with Gasteiger partial charge in [0.1, 0.15) is 5.75 Å². The molecule has 2 aromatic rings. The maximum atomic E-state index is 11.4. The number of rotatable bonds is 3. The molecule has 0 aliphatic heterocycles. The van der Waals surface area contributed by atoms with Crippen molar-refractivity contribution < 1.29 is 14.6 Å². The minimum atomic E-state index is -0.755. The fourth-order valence-corrected chi connectivity index (χ4v) is 2.56. The maximum Gasteiger partial charge on any atom is 0.314 e. The fraction of sp³-hybridized carbons (Fsp3) is 0.357. The fourth-order valence-electron chi connectivity index (χ4n) is 2.56. The Kier molecular flexibility index (Phi) is 2.17. The Bertz CT molecular complexity index is 638. The van der Waals surface area contributed by atoms with Gasteiger partial charge < -0.3 is 14.4 Å². The number of nitrogens with zero attached hydrogens (tertiary/aromatic N) is 1. The van der Waals surface area contributed by atoms with E-state index in [9.17, 15) is 9.90 Å². The quantitative estimate of drug-likeness (QED) is 0.902. The normalized spacial score (nSPS) is 16.8. The van der Waals surface area contributed by atoms with E-state index in [-0.39, 0.29) is 0 Å². The largest absolute Gasteiger partial charge is 0.496 e. The van der Waals surface area contributed by atoms with Crippen LogP contribution < -0.4 is 4.74 Å². The molecular formula is C14H15NO3. The summed E-state index contributed by atoms with van der Waals surface area (Å²) in [6.45, 7) is 0. The molecule has 0 unspecified atom stereocenters. The third-order valence-electron chi connectivity index (χ3n) is 3.88. The van der Waals surface area contributed by atoms with E-state index in [1.165, 1.54) is 0 Å². The van der Waals surface area contributed by atoms with Gasteiger partial charge in [-0.25, -0.2) is 0 Å². The smallest absolute Gasteiger partial charge is 0.314 e. The molecule has 0 radical (unpaired) electrons. The lowest BCUT2D eigenvalue weighted by Gasteiger charge is -2.15. The molecule has 0 spiro atoms. The van der Waals surface area contributed by atoms with Crippen LogP contribution in [0.3, 0.4) is 0 Å². The summed E-state index contributed by atoms with van der Waals surface area (Å²) in [5.74, 6) is -0.0806. The lowest BCUT2D eigenvalue weighted by Crippen LogP contribution is -2.20. The summed E-state index contributed by atoms with van der Waals surface area (Å²) in [5.41, 5.74) is 1.11. The minimum Gasteiger partial charge on any atom is -0.496 e. The van der Waals surface area contributed by atoms with Crippen LogP contribution in [0.25, 0.3) is 10.9 Å². The second kappa shape index (κ2) is 3.51. The Labute approximate surface area is 105 Å². The average molecular weight is 245 g/mol. The van der Waals surface area contributed by atoms with Crippen molar-refractivity contribution in [3.05, 3.63) is 30.0 Å². The number of ether oxygens (including phenoxy) is 1. The highest BCUT2D eigenvalue weighted by molar-refractivity contribution is 5.90. The molecule has 1 aromatic carbocycles. The second-order valence-corrected chi connectivity index (χ2v) is 4.93. The Morgan fingerprint density at radius 2 is 2.17 bits per heavy atom. The first-order valence-corrected chi connectivity index (χ1v) is 5.95. The predicted octanol–water partition coefficient (Wildman–Crippen LogP) is 2.30. The maximum absolute atomic E-state index is 11.4. The number of aryl methyl sites for hydroxylation is 1. The van der Waals surface area contributed by atoms with E-state index in [0.29, 0.717) is 18.6 Å². The number of methoxy groups -OCH3 is 1. The second-order valence-electron chi connectivity index (χ2n) is 4.93. The number of carboxylic acid groups (broad SMARTS) is 1. The highest BCUT2D eigenvalue weighted by atomic mass is 16.5. The van der Waals surface area contributed by atoms with E-state index in [4.69, 9.17) is 4.74 Å². The van der Waals surface area contributed by atoms with Gasteiger partial charge in [0.05, 0.1) is 12.5 Å². The summed E-state index contributed by atoms with van der Waals surface area (Å²) < 4.78 is 7.36. The topological polar surface area (TPSA) is 51.5 Å². The molecule has 0 atom stereocenters. The molecule has 94 valence electrons. The molecule has 0 saturated heterocycles. The molecule has 0 bridgehead atoms. The predicted molar refractivity (Wildman–Crippen MR) is 68.0 cm³/mol. The third-order valence-corrected chi connectivity index (χ3v) is 3.88. The molecule has 18 heavy (non-hydrogen) atoms. The Morgan fingerprint density at radius 3 is 2.72 bits per heavy atom. The first-order chi connectivity index (χ1) is 8.58. The van der Waals surface area contributed by atoms with E-state index in [0.717, 1.165) is 16.5 Å². The third kappa shape index (κ3) is 1.35. The van der Waals surface area contributed by atoms with Gasteiger partial charge in [-0.3, -0.25) is 4.79 Å². The molecule has 4 heteroatoms. The zero-order valence-corrected chi connectivity index (χ0v) is 10.4. The Morgan fingerprint density at radius 1 is 1.44 bits per heavy atom. The Balaban J connectivity index is 2.27. The standard InChI is InChI=1S/C14H15NO3/c1-15-6-3-9-7-12(18-2)10(8-11(9)15)14(4-5-14)13(16)17/h3,6-8H,4-5H2,1-2H3,(H,16,17). The number of benzene rings is 1. The van der Waals surface area contributed by atoms with Crippen molar-refractivity contribution in [2.75, 3.05) is 7.11 Å². The molecule has 1 heterocycles. The molecule has 4 nitrogen and oxygen atoms in total.